The van der Waals surface area contributed by atoms with E-state index in [-0.39, 0.29) is 28.9 Å². The Labute approximate surface area is 114 Å². The lowest BCUT2D eigenvalue weighted by molar-refractivity contribution is 0.273. The normalized spacial score (nSPS) is 23.4. The monoisotopic (exact) mass is 283 g/mol. The summed E-state index contributed by atoms with van der Waals surface area (Å²) in [5.74, 6) is 0.0728. The molecule has 2 rings (SSSR count). The van der Waals surface area contributed by atoms with E-state index in [0.717, 1.165) is 12.0 Å². The molecule has 0 aromatic heterocycles. The molecule has 1 saturated carbocycles. The van der Waals surface area contributed by atoms with Crippen LogP contribution in [0.3, 0.4) is 0 Å². The minimum absolute atomic E-state index is 0.00813. The van der Waals surface area contributed by atoms with Crippen molar-refractivity contribution in [1.82, 2.24) is 4.72 Å². The molecule has 0 radical (unpaired) electrons. The van der Waals surface area contributed by atoms with E-state index in [2.05, 4.69) is 25.5 Å². The van der Waals surface area contributed by atoms with E-state index in [1.54, 1.807) is 12.1 Å². The highest BCUT2D eigenvalue weighted by molar-refractivity contribution is 7.89. The SMILES string of the molecule is CC(C)(C)c1ccc(S(=O)(=O)N[C@H]2C[C@@H]2CO)cc1. The van der Waals surface area contributed by atoms with E-state index in [1.807, 2.05) is 12.1 Å². The summed E-state index contributed by atoms with van der Waals surface area (Å²) in [7, 11) is -3.46. The molecular weight excluding hydrogens is 262 g/mol. The average molecular weight is 283 g/mol. The highest BCUT2D eigenvalue weighted by Crippen LogP contribution is 2.31. The number of aliphatic hydroxyl groups excluding tert-OH is 1. The van der Waals surface area contributed by atoms with Crippen LogP contribution in [0.15, 0.2) is 29.2 Å². The van der Waals surface area contributed by atoms with Crippen LogP contribution in [0.25, 0.3) is 0 Å². The summed E-state index contributed by atoms with van der Waals surface area (Å²) in [4.78, 5) is 0.282. The van der Waals surface area contributed by atoms with Gasteiger partial charge in [0.05, 0.1) is 4.90 Å². The quantitative estimate of drug-likeness (QED) is 0.883. The zero-order valence-corrected chi connectivity index (χ0v) is 12.4. The first-order valence-electron chi connectivity index (χ1n) is 6.48. The molecule has 0 heterocycles. The van der Waals surface area contributed by atoms with Crippen molar-refractivity contribution in [2.45, 2.75) is 43.5 Å². The summed E-state index contributed by atoms with van der Waals surface area (Å²) in [6, 6.07) is 6.87. The van der Waals surface area contributed by atoms with Crippen LogP contribution in [0.4, 0.5) is 0 Å². The van der Waals surface area contributed by atoms with Crippen molar-refractivity contribution in [1.29, 1.82) is 0 Å². The Hall–Kier alpha value is -0.910. The van der Waals surface area contributed by atoms with Crippen LogP contribution in [-0.4, -0.2) is 26.2 Å². The highest BCUT2D eigenvalue weighted by atomic mass is 32.2. The third-order valence-electron chi connectivity index (χ3n) is 3.49. The van der Waals surface area contributed by atoms with Gasteiger partial charge in [0.25, 0.3) is 0 Å². The van der Waals surface area contributed by atoms with E-state index in [9.17, 15) is 8.42 Å². The zero-order valence-electron chi connectivity index (χ0n) is 11.6. The molecule has 0 unspecified atom stereocenters. The van der Waals surface area contributed by atoms with Crippen LogP contribution >= 0.6 is 0 Å². The fraction of sp³-hybridized carbons (Fsp3) is 0.571. The van der Waals surface area contributed by atoms with E-state index in [0.29, 0.717) is 0 Å². The predicted octanol–water partition coefficient (Wildman–Crippen LogP) is 1.64. The van der Waals surface area contributed by atoms with Crippen molar-refractivity contribution in [2.75, 3.05) is 6.61 Å². The molecular formula is C14H21NO3S. The molecule has 0 bridgehead atoms. The Morgan fingerprint density at radius 1 is 1.26 bits per heavy atom. The maximum Gasteiger partial charge on any atom is 0.240 e. The summed E-state index contributed by atoms with van der Waals surface area (Å²) in [6.45, 7) is 6.30. The molecule has 2 atom stereocenters. The van der Waals surface area contributed by atoms with Gasteiger partial charge in [0.1, 0.15) is 0 Å². The Kier molecular flexibility index (Phi) is 3.73. The molecule has 0 aliphatic heterocycles. The molecule has 1 aromatic rings. The van der Waals surface area contributed by atoms with E-state index in [1.165, 1.54) is 0 Å². The second-order valence-corrected chi connectivity index (χ2v) is 7.89. The van der Waals surface area contributed by atoms with Gasteiger partial charge in [-0.3, -0.25) is 0 Å². The molecule has 1 aromatic carbocycles. The number of hydrogen-bond donors (Lipinski definition) is 2. The van der Waals surface area contributed by atoms with Gasteiger partial charge in [0.2, 0.25) is 10.0 Å². The number of sulfonamides is 1. The summed E-state index contributed by atoms with van der Waals surface area (Å²) >= 11 is 0. The Balaban J connectivity index is 2.13. The van der Waals surface area contributed by atoms with Crippen molar-refractivity contribution in [3.05, 3.63) is 29.8 Å². The minimum atomic E-state index is -3.46. The van der Waals surface area contributed by atoms with Crippen LogP contribution < -0.4 is 4.72 Å². The summed E-state index contributed by atoms with van der Waals surface area (Å²) in [5.41, 5.74) is 1.11. The van der Waals surface area contributed by atoms with Crippen molar-refractivity contribution in [3.63, 3.8) is 0 Å². The molecule has 106 valence electrons. The highest BCUT2D eigenvalue weighted by Gasteiger charge is 2.39. The molecule has 1 fully saturated rings. The maximum absolute atomic E-state index is 12.1. The molecule has 2 N–H and O–H groups in total. The van der Waals surface area contributed by atoms with Gasteiger partial charge in [-0.05, 0) is 35.4 Å². The van der Waals surface area contributed by atoms with E-state index >= 15 is 0 Å². The molecule has 1 aliphatic rings. The zero-order chi connectivity index (χ0) is 14.3. The van der Waals surface area contributed by atoms with Gasteiger partial charge in [-0.2, -0.15) is 0 Å². The Bertz CT molecular complexity index is 543. The van der Waals surface area contributed by atoms with Crippen LogP contribution in [0, 0.1) is 5.92 Å². The Morgan fingerprint density at radius 3 is 2.26 bits per heavy atom. The molecule has 0 spiro atoms. The van der Waals surface area contributed by atoms with Gasteiger partial charge in [-0.1, -0.05) is 32.9 Å². The van der Waals surface area contributed by atoms with Gasteiger partial charge in [-0.15, -0.1) is 0 Å². The second-order valence-electron chi connectivity index (χ2n) is 6.18. The lowest BCUT2D eigenvalue weighted by atomic mass is 9.87. The van der Waals surface area contributed by atoms with Crippen LogP contribution in [0.2, 0.25) is 0 Å². The van der Waals surface area contributed by atoms with Crippen molar-refractivity contribution >= 4 is 10.0 Å². The first kappa shape index (κ1) is 14.5. The summed E-state index contributed by atoms with van der Waals surface area (Å²) < 4.78 is 26.8. The van der Waals surface area contributed by atoms with Gasteiger partial charge in [0.15, 0.2) is 0 Å². The second kappa shape index (κ2) is 4.89. The summed E-state index contributed by atoms with van der Waals surface area (Å²) in [5, 5.41) is 8.93. The lowest BCUT2D eigenvalue weighted by Gasteiger charge is -2.19. The van der Waals surface area contributed by atoms with Crippen LogP contribution in [0.5, 0.6) is 0 Å². The molecule has 1 aliphatic carbocycles. The Morgan fingerprint density at radius 2 is 1.84 bits per heavy atom. The first-order chi connectivity index (χ1) is 8.74. The van der Waals surface area contributed by atoms with Gasteiger partial charge in [0, 0.05) is 12.6 Å². The molecule has 4 nitrogen and oxygen atoms in total. The minimum Gasteiger partial charge on any atom is -0.396 e. The third-order valence-corrected chi connectivity index (χ3v) is 5.00. The number of hydrogen-bond acceptors (Lipinski definition) is 3. The first-order valence-corrected chi connectivity index (χ1v) is 7.96. The number of benzene rings is 1. The largest absolute Gasteiger partial charge is 0.396 e. The number of rotatable bonds is 4. The van der Waals surface area contributed by atoms with Crippen LogP contribution in [-0.2, 0) is 15.4 Å². The molecule has 5 heteroatoms. The fourth-order valence-corrected chi connectivity index (χ4v) is 3.31. The lowest BCUT2D eigenvalue weighted by Crippen LogP contribution is -2.27. The number of aliphatic hydroxyl groups is 1. The summed E-state index contributed by atoms with van der Waals surface area (Å²) in [6.07, 6.45) is 0.718. The average Bonchev–Trinajstić information content (AvgIpc) is 3.06. The maximum atomic E-state index is 12.1. The molecule has 19 heavy (non-hydrogen) atoms. The fourth-order valence-electron chi connectivity index (χ4n) is 2.00. The molecule has 0 amide bonds. The van der Waals surface area contributed by atoms with Gasteiger partial charge in [-0.25, -0.2) is 13.1 Å². The molecule has 0 saturated heterocycles. The van der Waals surface area contributed by atoms with Crippen molar-refractivity contribution in [3.8, 4) is 0 Å². The van der Waals surface area contributed by atoms with Crippen molar-refractivity contribution in [2.24, 2.45) is 5.92 Å². The van der Waals surface area contributed by atoms with Crippen molar-refractivity contribution < 1.29 is 13.5 Å². The number of nitrogens with one attached hydrogen (secondary N) is 1. The standard InChI is InChI=1S/C14H21NO3S/c1-14(2,3)11-4-6-12(7-5-11)19(17,18)15-13-8-10(13)9-16/h4-7,10,13,15-16H,8-9H2,1-3H3/t10-,13+/m1/s1. The van der Waals surface area contributed by atoms with Gasteiger partial charge >= 0.3 is 0 Å². The van der Waals surface area contributed by atoms with Crippen LogP contribution in [0.1, 0.15) is 32.8 Å². The predicted molar refractivity (Wildman–Crippen MR) is 74.4 cm³/mol. The smallest absolute Gasteiger partial charge is 0.240 e. The van der Waals surface area contributed by atoms with E-state index < -0.39 is 10.0 Å². The third kappa shape index (κ3) is 3.35. The van der Waals surface area contributed by atoms with E-state index in [4.69, 9.17) is 5.11 Å². The topological polar surface area (TPSA) is 66.4 Å². The van der Waals surface area contributed by atoms with Gasteiger partial charge < -0.3 is 5.11 Å².